The zero-order chi connectivity index (χ0) is 11.1. The first-order valence-corrected chi connectivity index (χ1v) is 4.86. The third-order valence-corrected chi connectivity index (χ3v) is 1.90. The van der Waals surface area contributed by atoms with Crippen molar-refractivity contribution in [1.29, 1.82) is 0 Å². The standard InChI is InChI=1S/C11H12ClNO2/c1-2-3-6-15-13-8-9-7-10(12)4-5-11(9)14/h2,4-5,7-8,14H,1,3,6H2. The summed E-state index contributed by atoms with van der Waals surface area (Å²) in [6.45, 7) is 4.03. The molecule has 0 aliphatic carbocycles. The van der Waals surface area contributed by atoms with Gasteiger partial charge in [-0.2, -0.15) is 0 Å². The molecule has 0 aliphatic heterocycles. The van der Waals surface area contributed by atoms with Crippen LogP contribution in [0.3, 0.4) is 0 Å². The predicted octanol–water partition coefficient (Wildman–Crippen LogP) is 2.97. The number of benzene rings is 1. The molecule has 0 saturated heterocycles. The van der Waals surface area contributed by atoms with Crippen molar-refractivity contribution in [3.05, 3.63) is 41.4 Å². The molecule has 0 unspecified atom stereocenters. The zero-order valence-corrected chi connectivity index (χ0v) is 8.94. The van der Waals surface area contributed by atoms with E-state index in [-0.39, 0.29) is 5.75 Å². The van der Waals surface area contributed by atoms with Gasteiger partial charge in [0.2, 0.25) is 0 Å². The van der Waals surface area contributed by atoms with E-state index in [9.17, 15) is 5.11 Å². The molecule has 15 heavy (non-hydrogen) atoms. The molecular formula is C11H12ClNO2. The number of halogens is 1. The summed E-state index contributed by atoms with van der Waals surface area (Å²) in [4.78, 5) is 4.92. The van der Waals surface area contributed by atoms with Crippen LogP contribution in [-0.2, 0) is 4.84 Å². The van der Waals surface area contributed by atoms with Crippen molar-refractivity contribution in [2.45, 2.75) is 6.42 Å². The average molecular weight is 226 g/mol. The fourth-order valence-corrected chi connectivity index (χ4v) is 1.09. The fraction of sp³-hybridized carbons (Fsp3) is 0.182. The van der Waals surface area contributed by atoms with Crippen LogP contribution in [0.5, 0.6) is 5.75 Å². The van der Waals surface area contributed by atoms with Gasteiger partial charge in [-0.25, -0.2) is 0 Å². The maximum Gasteiger partial charge on any atom is 0.124 e. The van der Waals surface area contributed by atoms with Gasteiger partial charge in [0.05, 0.1) is 6.21 Å². The molecule has 1 aromatic rings. The molecule has 1 aromatic carbocycles. The van der Waals surface area contributed by atoms with E-state index in [0.29, 0.717) is 17.2 Å². The fourth-order valence-electron chi connectivity index (χ4n) is 0.912. The summed E-state index contributed by atoms with van der Waals surface area (Å²) in [6, 6.07) is 4.72. The van der Waals surface area contributed by atoms with Gasteiger partial charge in [0.1, 0.15) is 12.4 Å². The topological polar surface area (TPSA) is 41.8 Å². The number of aromatic hydroxyl groups is 1. The monoisotopic (exact) mass is 225 g/mol. The van der Waals surface area contributed by atoms with Crippen molar-refractivity contribution in [3.8, 4) is 5.75 Å². The summed E-state index contributed by atoms with van der Waals surface area (Å²) in [5.41, 5.74) is 0.529. The lowest BCUT2D eigenvalue weighted by Crippen LogP contribution is -1.87. The van der Waals surface area contributed by atoms with Crippen LogP contribution in [0, 0.1) is 0 Å². The van der Waals surface area contributed by atoms with Crippen LogP contribution < -0.4 is 0 Å². The van der Waals surface area contributed by atoms with E-state index in [1.54, 1.807) is 18.2 Å². The minimum Gasteiger partial charge on any atom is -0.507 e. The molecule has 0 amide bonds. The molecular weight excluding hydrogens is 214 g/mol. The molecule has 0 saturated carbocycles. The van der Waals surface area contributed by atoms with E-state index in [0.717, 1.165) is 6.42 Å². The largest absolute Gasteiger partial charge is 0.507 e. The van der Waals surface area contributed by atoms with E-state index in [4.69, 9.17) is 16.4 Å². The molecule has 1 N–H and O–H groups in total. The van der Waals surface area contributed by atoms with E-state index in [1.807, 2.05) is 0 Å². The number of nitrogens with zero attached hydrogens (tertiary/aromatic N) is 1. The van der Waals surface area contributed by atoms with Crippen LogP contribution in [0.1, 0.15) is 12.0 Å². The first kappa shape index (κ1) is 11.6. The summed E-state index contributed by atoms with van der Waals surface area (Å²) < 4.78 is 0. The van der Waals surface area contributed by atoms with E-state index in [1.165, 1.54) is 12.3 Å². The zero-order valence-electron chi connectivity index (χ0n) is 8.19. The van der Waals surface area contributed by atoms with Crippen molar-refractivity contribution in [3.63, 3.8) is 0 Å². The molecule has 0 heterocycles. The van der Waals surface area contributed by atoms with E-state index < -0.39 is 0 Å². The number of phenols is 1. The van der Waals surface area contributed by atoms with Crippen LogP contribution in [0.15, 0.2) is 36.0 Å². The van der Waals surface area contributed by atoms with Crippen molar-refractivity contribution < 1.29 is 9.94 Å². The van der Waals surface area contributed by atoms with Gasteiger partial charge in [0, 0.05) is 17.0 Å². The second-order valence-electron chi connectivity index (χ2n) is 2.85. The summed E-state index contributed by atoms with van der Waals surface area (Å²) in [5, 5.41) is 13.6. The first-order valence-electron chi connectivity index (χ1n) is 4.49. The number of hydrogen-bond donors (Lipinski definition) is 1. The molecule has 0 radical (unpaired) electrons. The molecule has 1 rings (SSSR count). The maximum atomic E-state index is 9.42. The van der Waals surface area contributed by atoms with Crippen molar-refractivity contribution in [2.24, 2.45) is 5.16 Å². The second-order valence-corrected chi connectivity index (χ2v) is 3.28. The SMILES string of the molecule is C=CCCON=Cc1cc(Cl)ccc1O. The molecule has 0 atom stereocenters. The Kier molecular flexibility index (Phi) is 4.71. The lowest BCUT2D eigenvalue weighted by Gasteiger charge is -1.99. The van der Waals surface area contributed by atoms with Gasteiger partial charge in [0.25, 0.3) is 0 Å². The summed E-state index contributed by atoms with van der Waals surface area (Å²) in [6.07, 6.45) is 3.90. The Morgan fingerprint density at radius 1 is 1.53 bits per heavy atom. The van der Waals surface area contributed by atoms with Crippen LogP contribution in [0.25, 0.3) is 0 Å². The van der Waals surface area contributed by atoms with Crippen molar-refractivity contribution in [1.82, 2.24) is 0 Å². The summed E-state index contributed by atoms with van der Waals surface area (Å²) in [5.74, 6) is 0.121. The van der Waals surface area contributed by atoms with Crippen LogP contribution in [0.4, 0.5) is 0 Å². The average Bonchev–Trinajstić information content (AvgIpc) is 2.23. The Hall–Kier alpha value is -1.48. The van der Waals surface area contributed by atoms with Gasteiger partial charge >= 0.3 is 0 Å². The Bertz CT molecular complexity index is 364. The third-order valence-electron chi connectivity index (χ3n) is 1.67. The number of oxime groups is 1. The van der Waals surface area contributed by atoms with Gasteiger partial charge < -0.3 is 9.94 Å². The Morgan fingerprint density at radius 3 is 3.07 bits per heavy atom. The Morgan fingerprint density at radius 2 is 2.33 bits per heavy atom. The number of phenolic OH excluding ortho intramolecular Hbond substituents is 1. The molecule has 0 aromatic heterocycles. The first-order chi connectivity index (χ1) is 7.24. The minimum absolute atomic E-state index is 0.121. The van der Waals surface area contributed by atoms with Gasteiger partial charge in [0.15, 0.2) is 0 Å². The maximum absolute atomic E-state index is 9.42. The lowest BCUT2D eigenvalue weighted by atomic mass is 10.2. The highest BCUT2D eigenvalue weighted by molar-refractivity contribution is 6.30. The third kappa shape index (κ3) is 4.04. The minimum atomic E-state index is 0.121. The highest BCUT2D eigenvalue weighted by Gasteiger charge is 1.98. The summed E-state index contributed by atoms with van der Waals surface area (Å²) in [7, 11) is 0. The van der Waals surface area contributed by atoms with Gasteiger partial charge in [-0.3, -0.25) is 0 Å². The van der Waals surface area contributed by atoms with Gasteiger partial charge in [-0.05, 0) is 18.2 Å². The molecule has 0 spiro atoms. The van der Waals surface area contributed by atoms with Gasteiger partial charge in [-0.1, -0.05) is 22.8 Å². The molecule has 0 bridgehead atoms. The smallest absolute Gasteiger partial charge is 0.124 e. The quantitative estimate of drug-likeness (QED) is 0.362. The highest BCUT2D eigenvalue weighted by atomic mass is 35.5. The van der Waals surface area contributed by atoms with Crippen LogP contribution in [0.2, 0.25) is 5.02 Å². The highest BCUT2D eigenvalue weighted by Crippen LogP contribution is 2.19. The molecule has 0 aliphatic rings. The van der Waals surface area contributed by atoms with Crippen LogP contribution >= 0.6 is 11.6 Å². The molecule has 3 nitrogen and oxygen atoms in total. The number of hydrogen-bond acceptors (Lipinski definition) is 3. The molecule has 4 heteroatoms. The normalized spacial score (nSPS) is 10.5. The lowest BCUT2D eigenvalue weighted by molar-refractivity contribution is 0.151. The van der Waals surface area contributed by atoms with E-state index >= 15 is 0 Å². The predicted molar refractivity (Wildman–Crippen MR) is 61.5 cm³/mol. The van der Waals surface area contributed by atoms with Gasteiger partial charge in [-0.15, -0.1) is 6.58 Å². The Labute approximate surface area is 93.6 Å². The Balaban J connectivity index is 2.55. The van der Waals surface area contributed by atoms with E-state index in [2.05, 4.69) is 11.7 Å². The summed E-state index contributed by atoms with van der Waals surface area (Å²) >= 11 is 5.75. The molecule has 0 fully saturated rings. The van der Waals surface area contributed by atoms with Crippen molar-refractivity contribution in [2.75, 3.05) is 6.61 Å². The second kappa shape index (κ2) is 6.09. The number of rotatable bonds is 5. The van der Waals surface area contributed by atoms with Crippen molar-refractivity contribution >= 4 is 17.8 Å². The van der Waals surface area contributed by atoms with Crippen LogP contribution in [-0.4, -0.2) is 17.9 Å². The molecule has 80 valence electrons.